The molecule has 3 rings (SSSR count). The van der Waals surface area contributed by atoms with Crippen molar-refractivity contribution in [3.05, 3.63) is 52.4 Å². The van der Waals surface area contributed by atoms with Crippen molar-refractivity contribution in [3.8, 4) is 5.75 Å². The summed E-state index contributed by atoms with van der Waals surface area (Å²) in [7, 11) is -2.52. The number of carbonyl (C=O) groups excluding carboxylic acids is 2. The molecule has 8 nitrogen and oxygen atoms in total. The van der Waals surface area contributed by atoms with Crippen LogP contribution < -0.4 is 10.1 Å². The molecule has 1 N–H and O–H groups in total. The van der Waals surface area contributed by atoms with Crippen LogP contribution in [0.3, 0.4) is 0 Å². The Hall–Kier alpha value is -2.66. The number of ether oxygens (including phenoxy) is 2. The highest BCUT2D eigenvalue weighted by molar-refractivity contribution is 7.89. The Bertz CT molecular complexity index is 1290. The third kappa shape index (κ3) is 5.64. The van der Waals surface area contributed by atoms with Gasteiger partial charge in [-0.1, -0.05) is 25.4 Å². The summed E-state index contributed by atoms with van der Waals surface area (Å²) in [5.41, 5.74) is 0.511. The molecule has 3 aromatic rings. The highest BCUT2D eigenvalue weighted by atomic mass is 35.5. The smallest absolute Gasteiger partial charge is 0.348 e. The van der Waals surface area contributed by atoms with E-state index in [-0.39, 0.29) is 28.8 Å². The second-order valence-electron chi connectivity index (χ2n) is 6.87. The second kappa shape index (κ2) is 10.5. The molecule has 0 saturated heterocycles. The number of anilines is 1. The number of amides is 1. The van der Waals surface area contributed by atoms with E-state index >= 15 is 0 Å². The standard InChI is InChI=1S/C22H23ClN2O6S2/c1-4-25(5-2)33(28,29)20-12-15(23)6-8-17(20)31-13-21(26)24-16-7-9-18-14(10-16)11-19(32-18)22(27)30-3/h6-12H,4-5,13H2,1-3H3,(H,24,26). The monoisotopic (exact) mass is 510 g/mol. The molecule has 0 aliphatic rings. The van der Waals surface area contributed by atoms with Gasteiger partial charge in [0.25, 0.3) is 5.91 Å². The molecule has 1 aromatic heterocycles. The van der Waals surface area contributed by atoms with E-state index in [0.717, 1.165) is 10.1 Å². The first-order chi connectivity index (χ1) is 15.7. The Morgan fingerprint density at radius 2 is 1.82 bits per heavy atom. The third-order valence-electron chi connectivity index (χ3n) is 4.77. The fourth-order valence-electron chi connectivity index (χ4n) is 3.17. The SMILES string of the molecule is CCN(CC)S(=O)(=O)c1cc(Cl)ccc1OCC(=O)Nc1ccc2sc(C(=O)OC)cc2c1. The van der Waals surface area contributed by atoms with Crippen LogP contribution >= 0.6 is 22.9 Å². The van der Waals surface area contributed by atoms with Gasteiger partial charge in [0.2, 0.25) is 10.0 Å². The van der Waals surface area contributed by atoms with E-state index in [1.807, 2.05) is 0 Å². The highest BCUT2D eigenvalue weighted by Crippen LogP contribution is 2.31. The van der Waals surface area contributed by atoms with Crippen molar-refractivity contribution < 1.29 is 27.5 Å². The van der Waals surface area contributed by atoms with E-state index in [4.69, 9.17) is 21.1 Å². The Morgan fingerprint density at radius 3 is 2.48 bits per heavy atom. The minimum atomic E-state index is -3.84. The second-order valence-corrected chi connectivity index (χ2v) is 10.3. The van der Waals surface area contributed by atoms with Gasteiger partial charge in [0, 0.05) is 28.5 Å². The van der Waals surface area contributed by atoms with Crippen LogP contribution in [-0.4, -0.2) is 51.4 Å². The lowest BCUT2D eigenvalue weighted by atomic mass is 10.2. The summed E-state index contributed by atoms with van der Waals surface area (Å²) in [5, 5.41) is 3.74. The zero-order valence-corrected chi connectivity index (χ0v) is 20.6. The number of nitrogens with one attached hydrogen (secondary N) is 1. The predicted octanol–water partition coefficient (Wildman–Crippen LogP) is 4.39. The van der Waals surface area contributed by atoms with Crippen LogP contribution in [0.25, 0.3) is 10.1 Å². The van der Waals surface area contributed by atoms with Gasteiger partial charge in [0.1, 0.15) is 15.5 Å². The van der Waals surface area contributed by atoms with E-state index in [1.54, 1.807) is 38.1 Å². The molecule has 176 valence electrons. The van der Waals surface area contributed by atoms with Crippen molar-refractivity contribution in [1.82, 2.24) is 4.31 Å². The fraction of sp³-hybridized carbons (Fsp3) is 0.273. The summed E-state index contributed by atoms with van der Waals surface area (Å²) in [5.74, 6) is -0.856. The maximum Gasteiger partial charge on any atom is 0.348 e. The molecule has 0 aliphatic heterocycles. The van der Waals surface area contributed by atoms with E-state index in [9.17, 15) is 18.0 Å². The van der Waals surface area contributed by atoms with Crippen LogP contribution in [0.1, 0.15) is 23.5 Å². The summed E-state index contributed by atoms with van der Waals surface area (Å²) < 4.78 is 38.4. The van der Waals surface area contributed by atoms with Gasteiger partial charge in [-0.2, -0.15) is 4.31 Å². The van der Waals surface area contributed by atoms with Crippen LogP contribution in [0.4, 0.5) is 5.69 Å². The number of methoxy groups -OCH3 is 1. The molecule has 1 heterocycles. The van der Waals surface area contributed by atoms with Gasteiger partial charge in [-0.05, 0) is 47.9 Å². The number of esters is 1. The van der Waals surface area contributed by atoms with Crippen LogP contribution in [-0.2, 0) is 19.6 Å². The largest absolute Gasteiger partial charge is 0.482 e. The zero-order chi connectivity index (χ0) is 24.2. The van der Waals surface area contributed by atoms with E-state index in [1.165, 1.54) is 41.0 Å². The maximum absolute atomic E-state index is 13.0. The van der Waals surface area contributed by atoms with Crippen molar-refractivity contribution in [3.63, 3.8) is 0 Å². The summed E-state index contributed by atoms with van der Waals surface area (Å²) in [6.07, 6.45) is 0. The van der Waals surface area contributed by atoms with E-state index in [2.05, 4.69) is 5.32 Å². The molecule has 1 amide bonds. The molecule has 0 atom stereocenters. The molecule has 0 unspecified atom stereocenters. The van der Waals surface area contributed by atoms with Gasteiger partial charge in [0.15, 0.2) is 6.61 Å². The summed E-state index contributed by atoms with van der Waals surface area (Å²) in [4.78, 5) is 24.5. The number of benzene rings is 2. The van der Waals surface area contributed by atoms with E-state index in [0.29, 0.717) is 10.6 Å². The minimum absolute atomic E-state index is 0.0393. The number of hydrogen-bond donors (Lipinski definition) is 1. The number of thiophene rings is 1. The number of rotatable bonds is 9. The molecule has 0 bridgehead atoms. The van der Waals surface area contributed by atoms with Gasteiger partial charge in [-0.3, -0.25) is 4.79 Å². The van der Waals surface area contributed by atoms with Crippen molar-refractivity contribution in [2.45, 2.75) is 18.7 Å². The number of fused-ring (bicyclic) bond motifs is 1. The molecule has 0 saturated carbocycles. The summed E-state index contributed by atoms with van der Waals surface area (Å²) >= 11 is 7.31. The first kappa shape index (κ1) is 25.0. The zero-order valence-electron chi connectivity index (χ0n) is 18.3. The molecule has 0 fully saturated rings. The summed E-state index contributed by atoms with van der Waals surface area (Å²) in [6.45, 7) is 3.63. The predicted molar refractivity (Wildman–Crippen MR) is 129 cm³/mol. The summed E-state index contributed by atoms with van der Waals surface area (Å²) in [6, 6.07) is 11.2. The third-order valence-corrected chi connectivity index (χ3v) is 8.18. The molecule has 2 aromatic carbocycles. The average Bonchev–Trinajstić information content (AvgIpc) is 3.21. The molecular weight excluding hydrogens is 488 g/mol. The first-order valence-electron chi connectivity index (χ1n) is 10.0. The molecular formula is C22H23ClN2O6S2. The number of sulfonamides is 1. The number of halogens is 1. The van der Waals surface area contributed by atoms with Gasteiger partial charge in [0.05, 0.1) is 7.11 Å². The highest BCUT2D eigenvalue weighted by Gasteiger charge is 2.26. The van der Waals surface area contributed by atoms with Crippen molar-refractivity contribution >= 4 is 60.6 Å². The Balaban J connectivity index is 1.74. The molecule has 0 radical (unpaired) electrons. The Labute approximate surface area is 201 Å². The fourth-order valence-corrected chi connectivity index (χ4v) is 5.98. The van der Waals surface area contributed by atoms with Crippen LogP contribution in [0.2, 0.25) is 5.02 Å². The molecule has 33 heavy (non-hydrogen) atoms. The maximum atomic E-state index is 13.0. The number of carbonyl (C=O) groups is 2. The van der Waals surface area contributed by atoms with Crippen molar-refractivity contribution in [1.29, 1.82) is 0 Å². The first-order valence-corrected chi connectivity index (χ1v) is 12.7. The number of nitrogens with zero attached hydrogens (tertiary/aromatic N) is 1. The molecule has 0 spiro atoms. The van der Waals surface area contributed by atoms with Gasteiger partial charge in [-0.15, -0.1) is 11.3 Å². The lowest BCUT2D eigenvalue weighted by molar-refractivity contribution is -0.118. The number of hydrogen-bond acceptors (Lipinski definition) is 7. The Morgan fingerprint density at radius 1 is 1.09 bits per heavy atom. The Kier molecular flexibility index (Phi) is 7.96. The molecule has 0 aliphatic carbocycles. The quantitative estimate of drug-likeness (QED) is 0.428. The minimum Gasteiger partial charge on any atom is -0.482 e. The van der Waals surface area contributed by atoms with Crippen molar-refractivity contribution in [2.75, 3.05) is 32.1 Å². The van der Waals surface area contributed by atoms with Gasteiger partial charge in [-0.25, -0.2) is 13.2 Å². The lowest BCUT2D eigenvalue weighted by Gasteiger charge is -2.20. The lowest BCUT2D eigenvalue weighted by Crippen LogP contribution is -2.31. The average molecular weight is 511 g/mol. The normalized spacial score (nSPS) is 11.5. The van der Waals surface area contributed by atoms with E-state index < -0.39 is 28.5 Å². The topological polar surface area (TPSA) is 102 Å². The van der Waals surface area contributed by atoms with Crippen LogP contribution in [0, 0.1) is 0 Å². The van der Waals surface area contributed by atoms with Gasteiger partial charge < -0.3 is 14.8 Å². The molecule has 11 heteroatoms. The van der Waals surface area contributed by atoms with Crippen LogP contribution in [0.15, 0.2) is 47.4 Å². The van der Waals surface area contributed by atoms with Gasteiger partial charge >= 0.3 is 5.97 Å². The van der Waals surface area contributed by atoms with Crippen LogP contribution in [0.5, 0.6) is 5.75 Å². The van der Waals surface area contributed by atoms with Crippen molar-refractivity contribution in [2.24, 2.45) is 0 Å².